The topological polar surface area (TPSA) is 54.4 Å². The highest BCUT2D eigenvalue weighted by atomic mass is 32.2. The van der Waals surface area contributed by atoms with Crippen LogP contribution in [0.2, 0.25) is 0 Å². The van der Waals surface area contributed by atoms with E-state index < -0.39 is 27.9 Å². The van der Waals surface area contributed by atoms with Crippen LogP contribution in [-0.2, 0) is 15.8 Å². The van der Waals surface area contributed by atoms with Crippen LogP contribution in [0.25, 0.3) is 0 Å². The lowest BCUT2D eigenvalue weighted by Gasteiger charge is -2.13. The molecule has 90 valence electrons. The van der Waals surface area contributed by atoms with Crippen LogP contribution in [0.1, 0.15) is 12.5 Å². The normalized spacial score (nSPS) is 12.8. The predicted molar refractivity (Wildman–Crippen MR) is 55.1 cm³/mol. The number of aliphatic hydroxyl groups is 1. The summed E-state index contributed by atoms with van der Waals surface area (Å²) in [6.07, 6.45) is 0. The van der Waals surface area contributed by atoms with Gasteiger partial charge >= 0.3 is 0 Å². The lowest BCUT2D eigenvalue weighted by atomic mass is 10.1. The number of hydrogen-bond donors (Lipinski definition) is 1. The second-order valence-electron chi connectivity index (χ2n) is 3.29. The van der Waals surface area contributed by atoms with Gasteiger partial charge in [0.2, 0.25) is 0 Å². The zero-order chi connectivity index (χ0) is 12.4. The third kappa shape index (κ3) is 2.56. The molecule has 0 saturated heterocycles. The van der Waals surface area contributed by atoms with Gasteiger partial charge < -0.3 is 5.11 Å². The fraction of sp³-hybridized carbons (Fsp3) is 0.400. The number of aliphatic hydroxyl groups excluding tert-OH is 1. The molecule has 0 spiro atoms. The van der Waals surface area contributed by atoms with Crippen molar-refractivity contribution >= 4 is 9.84 Å². The van der Waals surface area contributed by atoms with Crippen LogP contribution in [0.3, 0.4) is 0 Å². The van der Waals surface area contributed by atoms with Gasteiger partial charge in [0.15, 0.2) is 9.84 Å². The Morgan fingerprint density at radius 3 is 2.12 bits per heavy atom. The van der Waals surface area contributed by atoms with E-state index in [1.165, 1.54) is 6.92 Å². The molecule has 0 aliphatic rings. The smallest absolute Gasteiger partial charge is 0.295 e. The SMILES string of the molecule is CCS(=O)(=O)c1ccc(C(F)(F)CO)cc1. The van der Waals surface area contributed by atoms with Crippen LogP contribution in [-0.4, -0.2) is 25.9 Å². The number of benzene rings is 1. The van der Waals surface area contributed by atoms with Gasteiger partial charge in [-0.15, -0.1) is 0 Å². The van der Waals surface area contributed by atoms with Crippen molar-refractivity contribution < 1.29 is 22.3 Å². The first-order chi connectivity index (χ1) is 7.33. The van der Waals surface area contributed by atoms with E-state index in [-0.39, 0.29) is 10.6 Å². The highest BCUT2D eigenvalue weighted by Crippen LogP contribution is 2.27. The van der Waals surface area contributed by atoms with E-state index in [9.17, 15) is 17.2 Å². The van der Waals surface area contributed by atoms with E-state index in [1.807, 2.05) is 0 Å². The van der Waals surface area contributed by atoms with Gasteiger partial charge in [0.1, 0.15) is 6.61 Å². The first-order valence-electron chi connectivity index (χ1n) is 4.65. The van der Waals surface area contributed by atoms with Gasteiger partial charge in [-0.3, -0.25) is 0 Å². The molecule has 1 N–H and O–H groups in total. The first kappa shape index (κ1) is 13.1. The van der Waals surface area contributed by atoms with Crippen LogP contribution in [0.15, 0.2) is 29.2 Å². The molecule has 0 saturated carbocycles. The standard InChI is InChI=1S/C10H12F2O3S/c1-2-16(14,15)9-5-3-8(4-6-9)10(11,12)7-13/h3-6,13H,2,7H2,1H3. The molecule has 0 unspecified atom stereocenters. The second kappa shape index (κ2) is 4.47. The van der Waals surface area contributed by atoms with Crippen molar-refractivity contribution in [2.24, 2.45) is 0 Å². The molecule has 16 heavy (non-hydrogen) atoms. The zero-order valence-corrected chi connectivity index (χ0v) is 9.47. The van der Waals surface area contributed by atoms with Crippen molar-refractivity contribution in [1.29, 1.82) is 0 Å². The first-order valence-corrected chi connectivity index (χ1v) is 6.30. The number of halogens is 2. The summed E-state index contributed by atoms with van der Waals surface area (Å²) < 4.78 is 48.8. The van der Waals surface area contributed by atoms with Gasteiger partial charge in [-0.1, -0.05) is 19.1 Å². The second-order valence-corrected chi connectivity index (χ2v) is 5.57. The molecule has 0 radical (unpaired) electrons. The maximum atomic E-state index is 13.0. The van der Waals surface area contributed by atoms with Gasteiger partial charge in [0.05, 0.1) is 10.6 Å². The van der Waals surface area contributed by atoms with Crippen LogP contribution < -0.4 is 0 Å². The number of hydrogen-bond acceptors (Lipinski definition) is 3. The van der Waals surface area contributed by atoms with Gasteiger partial charge in [-0.25, -0.2) is 8.42 Å². The van der Waals surface area contributed by atoms with Crippen molar-refractivity contribution in [3.63, 3.8) is 0 Å². The molecule has 0 aliphatic carbocycles. The van der Waals surface area contributed by atoms with E-state index in [2.05, 4.69) is 0 Å². The number of alkyl halides is 2. The molecule has 1 aromatic rings. The third-order valence-electron chi connectivity index (χ3n) is 2.21. The van der Waals surface area contributed by atoms with Crippen molar-refractivity contribution in [1.82, 2.24) is 0 Å². The lowest BCUT2D eigenvalue weighted by Crippen LogP contribution is -2.18. The van der Waals surface area contributed by atoms with Crippen molar-refractivity contribution in [2.45, 2.75) is 17.7 Å². The Morgan fingerprint density at radius 2 is 1.75 bits per heavy atom. The van der Waals surface area contributed by atoms with E-state index in [0.717, 1.165) is 24.3 Å². The highest BCUT2D eigenvalue weighted by molar-refractivity contribution is 7.91. The molecular formula is C10H12F2O3S. The molecule has 1 rings (SSSR count). The lowest BCUT2D eigenvalue weighted by molar-refractivity contribution is -0.0556. The summed E-state index contributed by atoms with van der Waals surface area (Å²) in [4.78, 5) is 0.00693. The van der Waals surface area contributed by atoms with Gasteiger partial charge in [0.25, 0.3) is 5.92 Å². The maximum absolute atomic E-state index is 13.0. The van der Waals surface area contributed by atoms with E-state index >= 15 is 0 Å². The molecule has 0 amide bonds. The van der Waals surface area contributed by atoms with Gasteiger partial charge in [-0.2, -0.15) is 8.78 Å². The maximum Gasteiger partial charge on any atom is 0.295 e. The minimum absolute atomic E-state index is 0.00693. The van der Waals surface area contributed by atoms with Gasteiger partial charge in [0, 0.05) is 5.56 Å². The largest absolute Gasteiger partial charge is 0.390 e. The summed E-state index contributed by atoms with van der Waals surface area (Å²) in [6, 6.07) is 4.27. The Kier molecular flexibility index (Phi) is 3.64. The molecule has 3 nitrogen and oxygen atoms in total. The molecule has 0 bridgehead atoms. The van der Waals surface area contributed by atoms with E-state index in [1.54, 1.807) is 0 Å². The average Bonchev–Trinajstić information content (AvgIpc) is 2.29. The van der Waals surface area contributed by atoms with Crippen molar-refractivity contribution in [3.05, 3.63) is 29.8 Å². The van der Waals surface area contributed by atoms with Gasteiger partial charge in [-0.05, 0) is 12.1 Å². The summed E-state index contributed by atoms with van der Waals surface area (Å²) in [5.74, 6) is -3.42. The van der Waals surface area contributed by atoms with E-state index in [4.69, 9.17) is 5.11 Å². The zero-order valence-electron chi connectivity index (χ0n) is 8.65. The number of rotatable bonds is 4. The predicted octanol–water partition coefficient (Wildman–Crippen LogP) is 1.56. The summed E-state index contributed by atoms with van der Waals surface area (Å²) in [5.41, 5.74) is -0.398. The Morgan fingerprint density at radius 1 is 1.25 bits per heavy atom. The molecule has 1 aromatic carbocycles. The quantitative estimate of drug-likeness (QED) is 0.882. The summed E-state index contributed by atoms with van der Waals surface area (Å²) >= 11 is 0. The Hall–Kier alpha value is -1.01. The van der Waals surface area contributed by atoms with Crippen LogP contribution in [0.4, 0.5) is 8.78 Å². The summed E-state index contributed by atoms with van der Waals surface area (Å²) in [5, 5.41) is 8.45. The fourth-order valence-electron chi connectivity index (χ4n) is 1.16. The minimum atomic E-state index is -3.37. The molecule has 0 atom stereocenters. The van der Waals surface area contributed by atoms with E-state index in [0.29, 0.717) is 0 Å². The Labute approximate surface area is 92.6 Å². The Bertz CT molecular complexity index is 451. The summed E-state index contributed by atoms with van der Waals surface area (Å²) in [6.45, 7) is 0.179. The molecule has 0 fully saturated rings. The highest BCUT2D eigenvalue weighted by Gasteiger charge is 2.30. The molecule has 6 heteroatoms. The fourth-order valence-corrected chi connectivity index (χ4v) is 2.05. The molecular weight excluding hydrogens is 238 g/mol. The number of sulfone groups is 1. The van der Waals surface area contributed by atoms with Crippen LogP contribution in [0.5, 0.6) is 0 Å². The van der Waals surface area contributed by atoms with Crippen molar-refractivity contribution in [3.8, 4) is 0 Å². The Balaban J connectivity index is 3.10. The van der Waals surface area contributed by atoms with Crippen LogP contribution >= 0.6 is 0 Å². The third-order valence-corrected chi connectivity index (χ3v) is 3.96. The molecule has 0 aliphatic heterocycles. The van der Waals surface area contributed by atoms with Crippen molar-refractivity contribution in [2.75, 3.05) is 12.4 Å². The average molecular weight is 250 g/mol. The minimum Gasteiger partial charge on any atom is -0.390 e. The molecule has 0 aromatic heterocycles. The summed E-state index contributed by atoms with van der Waals surface area (Å²) in [7, 11) is -3.37. The molecule has 0 heterocycles. The monoisotopic (exact) mass is 250 g/mol. The van der Waals surface area contributed by atoms with Crippen LogP contribution in [0, 0.1) is 0 Å².